The number of fused-ring (bicyclic) bond motifs is 1. The maximum Gasteiger partial charge on any atom is 0.148 e. The largest absolute Gasteiger partial charge is 0.357 e. The van der Waals surface area contributed by atoms with Crippen LogP contribution < -0.4 is 4.90 Å². The average molecular weight is 411 g/mol. The molecule has 1 atom stereocenters. The monoisotopic (exact) mass is 410 g/mol. The van der Waals surface area contributed by atoms with E-state index in [1.165, 1.54) is 10.9 Å². The Labute approximate surface area is 172 Å². The molecule has 3 heterocycles. The highest BCUT2D eigenvalue weighted by Crippen LogP contribution is 2.42. The molecule has 8 heteroatoms. The van der Waals surface area contributed by atoms with E-state index in [0.29, 0.717) is 16.4 Å². The molecule has 1 saturated heterocycles. The van der Waals surface area contributed by atoms with E-state index in [2.05, 4.69) is 27.0 Å². The van der Waals surface area contributed by atoms with Crippen LogP contribution in [-0.4, -0.2) is 31.5 Å². The number of nitrogens with one attached hydrogen (secondary N) is 1. The first-order valence-corrected chi connectivity index (χ1v) is 9.94. The summed E-state index contributed by atoms with van der Waals surface area (Å²) in [7, 11) is 0. The normalized spacial score (nSPS) is 19.4. The van der Waals surface area contributed by atoms with Crippen LogP contribution in [0.1, 0.15) is 31.2 Å². The summed E-state index contributed by atoms with van der Waals surface area (Å²) in [6.45, 7) is 4.83. The number of H-pyrrole nitrogens is 1. The standard InChI is InChI=1S/C21H20ClFN6/c1-13-15(22)5-6-17-19(13)27-20(26-17)21(2)8-3-11-28(21)18-7-4-14(12-16(18)23)29-24-9-10-25-29/h4-7,9-10,12H,3,8,11H2,1-2H3,(H,26,27)/t21-/m0/s1. The van der Waals surface area contributed by atoms with Crippen LogP contribution in [0, 0.1) is 12.7 Å². The lowest BCUT2D eigenvalue weighted by atomic mass is 9.97. The van der Waals surface area contributed by atoms with Crippen molar-refractivity contribution in [2.24, 2.45) is 0 Å². The van der Waals surface area contributed by atoms with Crippen molar-refractivity contribution in [3.05, 3.63) is 65.0 Å². The molecule has 0 radical (unpaired) electrons. The van der Waals surface area contributed by atoms with Gasteiger partial charge >= 0.3 is 0 Å². The fourth-order valence-corrected chi connectivity index (χ4v) is 4.38. The Balaban J connectivity index is 1.57. The van der Waals surface area contributed by atoms with Gasteiger partial charge in [0.05, 0.1) is 40.3 Å². The molecule has 148 valence electrons. The molecule has 1 N–H and O–H groups in total. The second-order valence-electron chi connectivity index (χ2n) is 7.64. The van der Waals surface area contributed by atoms with E-state index in [1.807, 2.05) is 25.1 Å². The average Bonchev–Trinajstić information content (AvgIpc) is 3.45. The predicted molar refractivity (Wildman–Crippen MR) is 111 cm³/mol. The van der Waals surface area contributed by atoms with Crippen molar-refractivity contribution >= 4 is 28.3 Å². The van der Waals surface area contributed by atoms with Gasteiger partial charge in [-0.2, -0.15) is 15.0 Å². The molecule has 6 nitrogen and oxygen atoms in total. The first-order valence-electron chi connectivity index (χ1n) is 9.56. The summed E-state index contributed by atoms with van der Waals surface area (Å²) in [6, 6.07) is 8.91. The molecule has 0 unspecified atom stereocenters. The maximum atomic E-state index is 15.1. The fraction of sp³-hybridized carbons (Fsp3) is 0.286. The zero-order valence-corrected chi connectivity index (χ0v) is 16.9. The van der Waals surface area contributed by atoms with Crippen LogP contribution in [-0.2, 0) is 5.54 Å². The number of imidazole rings is 1. The van der Waals surface area contributed by atoms with Gasteiger partial charge in [0.25, 0.3) is 0 Å². The Hall–Kier alpha value is -2.93. The number of aromatic amines is 1. The van der Waals surface area contributed by atoms with Gasteiger partial charge in [0.15, 0.2) is 0 Å². The highest BCUT2D eigenvalue weighted by Gasteiger charge is 2.42. The number of hydrogen-bond acceptors (Lipinski definition) is 4. The van der Waals surface area contributed by atoms with E-state index in [-0.39, 0.29) is 5.82 Å². The Bertz CT molecular complexity index is 1200. The van der Waals surface area contributed by atoms with Crippen molar-refractivity contribution < 1.29 is 4.39 Å². The van der Waals surface area contributed by atoms with Crippen molar-refractivity contribution in [2.75, 3.05) is 11.4 Å². The molecule has 0 spiro atoms. The van der Waals surface area contributed by atoms with Gasteiger partial charge in [-0.1, -0.05) is 11.6 Å². The number of hydrogen-bond donors (Lipinski definition) is 1. The van der Waals surface area contributed by atoms with Crippen LogP contribution in [0.5, 0.6) is 0 Å². The van der Waals surface area contributed by atoms with Gasteiger partial charge in [0.2, 0.25) is 0 Å². The molecule has 0 aliphatic carbocycles. The van der Waals surface area contributed by atoms with E-state index < -0.39 is 5.54 Å². The topological polar surface area (TPSA) is 62.6 Å². The van der Waals surface area contributed by atoms with E-state index >= 15 is 4.39 Å². The van der Waals surface area contributed by atoms with Crippen molar-refractivity contribution in [1.29, 1.82) is 0 Å². The summed E-state index contributed by atoms with van der Waals surface area (Å²) in [6.07, 6.45) is 4.97. The third kappa shape index (κ3) is 2.80. The van der Waals surface area contributed by atoms with E-state index in [0.717, 1.165) is 41.8 Å². The minimum Gasteiger partial charge on any atom is -0.357 e. The highest BCUT2D eigenvalue weighted by molar-refractivity contribution is 6.32. The lowest BCUT2D eigenvalue weighted by Gasteiger charge is -2.35. The lowest BCUT2D eigenvalue weighted by molar-refractivity contribution is 0.459. The van der Waals surface area contributed by atoms with Gasteiger partial charge in [-0.3, -0.25) is 0 Å². The molecule has 1 aliphatic heterocycles. The zero-order valence-electron chi connectivity index (χ0n) is 16.2. The molecule has 2 aromatic heterocycles. The molecule has 0 saturated carbocycles. The molecule has 0 amide bonds. The Morgan fingerprint density at radius 2 is 1.97 bits per heavy atom. The molecule has 4 aromatic rings. The summed E-state index contributed by atoms with van der Waals surface area (Å²) in [5.74, 6) is 0.524. The quantitative estimate of drug-likeness (QED) is 0.529. The lowest BCUT2D eigenvalue weighted by Crippen LogP contribution is -2.40. The molecular weight excluding hydrogens is 391 g/mol. The highest BCUT2D eigenvalue weighted by atomic mass is 35.5. The SMILES string of the molecule is Cc1c(Cl)ccc2[nH]c([C@]3(C)CCCN3c3ccc(-n4nccn4)cc3F)nc12. The first-order chi connectivity index (χ1) is 14.0. The second kappa shape index (κ2) is 6.56. The maximum absolute atomic E-state index is 15.1. The van der Waals surface area contributed by atoms with Crippen LogP contribution in [0.3, 0.4) is 0 Å². The van der Waals surface area contributed by atoms with Crippen LogP contribution in [0.25, 0.3) is 16.7 Å². The number of benzene rings is 2. The molecule has 5 rings (SSSR count). The molecule has 2 aromatic carbocycles. The third-order valence-electron chi connectivity index (χ3n) is 5.86. The van der Waals surface area contributed by atoms with Crippen LogP contribution in [0.2, 0.25) is 5.02 Å². The van der Waals surface area contributed by atoms with Gasteiger partial charge in [0, 0.05) is 17.6 Å². The van der Waals surface area contributed by atoms with Gasteiger partial charge in [-0.15, -0.1) is 0 Å². The van der Waals surface area contributed by atoms with Gasteiger partial charge in [-0.05, 0) is 56.5 Å². The minimum absolute atomic E-state index is 0.303. The number of aryl methyl sites for hydroxylation is 1. The Morgan fingerprint density at radius 1 is 1.17 bits per heavy atom. The van der Waals surface area contributed by atoms with Crippen molar-refractivity contribution in [2.45, 2.75) is 32.2 Å². The van der Waals surface area contributed by atoms with Crippen molar-refractivity contribution in [3.8, 4) is 5.69 Å². The number of nitrogens with zero attached hydrogens (tertiary/aromatic N) is 5. The summed E-state index contributed by atoms with van der Waals surface area (Å²) in [5.41, 5.74) is 3.45. The summed E-state index contributed by atoms with van der Waals surface area (Å²) < 4.78 is 15.1. The summed E-state index contributed by atoms with van der Waals surface area (Å²) in [4.78, 5) is 11.8. The number of anilines is 1. The third-order valence-corrected chi connectivity index (χ3v) is 6.27. The first kappa shape index (κ1) is 18.1. The fourth-order valence-electron chi connectivity index (χ4n) is 4.23. The Morgan fingerprint density at radius 3 is 2.72 bits per heavy atom. The van der Waals surface area contributed by atoms with Crippen LogP contribution in [0.4, 0.5) is 10.1 Å². The molecular formula is C21H20ClFN6. The number of halogens is 2. The number of aromatic nitrogens is 5. The van der Waals surface area contributed by atoms with Gasteiger partial charge < -0.3 is 9.88 Å². The molecule has 1 aliphatic rings. The van der Waals surface area contributed by atoms with Crippen LogP contribution >= 0.6 is 11.6 Å². The van der Waals surface area contributed by atoms with E-state index in [4.69, 9.17) is 16.6 Å². The Kier molecular flexibility index (Phi) is 4.10. The van der Waals surface area contributed by atoms with Crippen molar-refractivity contribution in [3.63, 3.8) is 0 Å². The van der Waals surface area contributed by atoms with Crippen LogP contribution in [0.15, 0.2) is 42.7 Å². The van der Waals surface area contributed by atoms with E-state index in [1.54, 1.807) is 18.5 Å². The smallest absolute Gasteiger partial charge is 0.148 e. The van der Waals surface area contributed by atoms with Gasteiger partial charge in [-0.25, -0.2) is 9.37 Å². The minimum atomic E-state index is -0.440. The van der Waals surface area contributed by atoms with Gasteiger partial charge in [0.1, 0.15) is 11.6 Å². The zero-order chi connectivity index (χ0) is 20.2. The molecule has 29 heavy (non-hydrogen) atoms. The molecule has 1 fully saturated rings. The number of rotatable bonds is 3. The molecule has 0 bridgehead atoms. The van der Waals surface area contributed by atoms with E-state index in [9.17, 15) is 0 Å². The second-order valence-corrected chi connectivity index (χ2v) is 8.04. The predicted octanol–water partition coefficient (Wildman–Crippen LogP) is 4.76. The summed E-state index contributed by atoms with van der Waals surface area (Å²) >= 11 is 6.27. The summed E-state index contributed by atoms with van der Waals surface area (Å²) in [5, 5.41) is 8.83. The van der Waals surface area contributed by atoms with Crippen molar-refractivity contribution in [1.82, 2.24) is 25.0 Å².